The molecule has 0 spiro atoms. The van der Waals surface area contributed by atoms with E-state index in [1.54, 1.807) is 18.2 Å². The van der Waals surface area contributed by atoms with Gasteiger partial charge in [-0.3, -0.25) is 0 Å². The van der Waals surface area contributed by atoms with Crippen LogP contribution in [0.5, 0.6) is 17.2 Å². The highest BCUT2D eigenvalue weighted by atomic mass is 32.2. The number of halogens is 1. The lowest BCUT2D eigenvalue weighted by Gasteiger charge is -2.17. The quantitative estimate of drug-likeness (QED) is 0.704. The smallest absolute Gasteiger partial charge is 0.242 e. The van der Waals surface area contributed by atoms with E-state index in [1.165, 1.54) is 23.5 Å². The van der Waals surface area contributed by atoms with E-state index in [0.29, 0.717) is 30.3 Å². The molecule has 25 heavy (non-hydrogen) atoms. The van der Waals surface area contributed by atoms with Gasteiger partial charge in [-0.15, -0.1) is 0 Å². The summed E-state index contributed by atoms with van der Waals surface area (Å²) in [6, 6.07) is 10.0. The van der Waals surface area contributed by atoms with Gasteiger partial charge >= 0.3 is 0 Å². The lowest BCUT2D eigenvalue weighted by molar-refractivity contribution is 0.173. The maximum absolute atomic E-state index is 12.9. The van der Waals surface area contributed by atoms with Crippen LogP contribution in [0, 0.1) is 5.82 Å². The molecule has 6 nitrogen and oxygen atoms in total. The minimum absolute atomic E-state index is 0.0630. The van der Waals surface area contributed by atoms with Gasteiger partial charge in [-0.25, -0.2) is 17.1 Å². The van der Waals surface area contributed by atoms with Crippen LogP contribution in [-0.2, 0) is 10.0 Å². The van der Waals surface area contributed by atoms with Gasteiger partial charge in [-0.1, -0.05) is 0 Å². The van der Waals surface area contributed by atoms with Crippen molar-refractivity contribution in [3.63, 3.8) is 0 Å². The predicted octanol–water partition coefficient (Wildman–Crippen LogP) is 2.64. The Morgan fingerprint density at radius 1 is 1.12 bits per heavy atom. The molecule has 2 aromatic rings. The zero-order valence-electron chi connectivity index (χ0n) is 13.6. The zero-order valence-corrected chi connectivity index (χ0v) is 14.5. The van der Waals surface area contributed by atoms with Gasteiger partial charge in [0, 0.05) is 19.7 Å². The van der Waals surface area contributed by atoms with Crippen LogP contribution >= 0.6 is 0 Å². The lowest BCUT2D eigenvalue weighted by atomic mass is 10.3. The van der Waals surface area contributed by atoms with Crippen LogP contribution in [0.1, 0.15) is 6.42 Å². The van der Waals surface area contributed by atoms with Gasteiger partial charge in [0.2, 0.25) is 16.8 Å². The fourth-order valence-corrected chi connectivity index (χ4v) is 3.56. The molecule has 1 aliphatic heterocycles. The molecule has 0 bridgehead atoms. The van der Waals surface area contributed by atoms with Crippen LogP contribution in [0.25, 0.3) is 0 Å². The minimum Gasteiger partial charge on any atom is -0.493 e. The third-order valence-electron chi connectivity index (χ3n) is 3.75. The van der Waals surface area contributed by atoms with Crippen LogP contribution in [0.3, 0.4) is 0 Å². The van der Waals surface area contributed by atoms with E-state index in [4.69, 9.17) is 14.2 Å². The van der Waals surface area contributed by atoms with Crippen LogP contribution in [0.4, 0.5) is 4.39 Å². The summed E-state index contributed by atoms with van der Waals surface area (Å²) in [6.07, 6.45) is 0.505. The Hall–Kier alpha value is -2.32. The first kappa shape index (κ1) is 17.5. The molecule has 0 fully saturated rings. The molecule has 2 aromatic carbocycles. The largest absolute Gasteiger partial charge is 0.493 e. The van der Waals surface area contributed by atoms with Gasteiger partial charge in [0.15, 0.2) is 11.5 Å². The number of hydrogen-bond acceptors (Lipinski definition) is 5. The normalized spacial score (nSPS) is 13.2. The Bertz CT molecular complexity index is 839. The summed E-state index contributed by atoms with van der Waals surface area (Å²) in [7, 11) is -2.15. The number of sulfonamides is 1. The Morgan fingerprint density at radius 2 is 1.84 bits per heavy atom. The molecule has 0 N–H and O–H groups in total. The Balaban J connectivity index is 1.50. The summed E-state index contributed by atoms with van der Waals surface area (Å²) in [5.41, 5.74) is 0. The van der Waals surface area contributed by atoms with Gasteiger partial charge in [-0.2, -0.15) is 0 Å². The average molecular weight is 367 g/mol. The van der Waals surface area contributed by atoms with Gasteiger partial charge in [0.1, 0.15) is 11.6 Å². The molecular weight excluding hydrogens is 349 g/mol. The molecule has 0 aliphatic carbocycles. The molecule has 0 radical (unpaired) electrons. The highest BCUT2D eigenvalue weighted by molar-refractivity contribution is 7.89. The molecule has 8 heteroatoms. The van der Waals surface area contributed by atoms with Crippen molar-refractivity contribution in [1.29, 1.82) is 0 Å². The molecule has 0 unspecified atom stereocenters. The lowest BCUT2D eigenvalue weighted by Crippen LogP contribution is -2.28. The van der Waals surface area contributed by atoms with Crippen LogP contribution in [0.15, 0.2) is 47.4 Å². The summed E-state index contributed by atoms with van der Waals surface area (Å²) < 4.78 is 55.0. The van der Waals surface area contributed by atoms with E-state index in [2.05, 4.69) is 0 Å². The van der Waals surface area contributed by atoms with Gasteiger partial charge < -0.3 is 14.2 Å². The molecule has 1 heterocycles. The average Bonchev–Trinajstić information content (AvgIpc) is 3.06. The highest BCUT2D eigenvalue weighted by Crippen LogP contribution is 2.35. The van der Waals surface area contributed by atoms with E-state index >= 15 is 0 Å². The van der Waals surface area contributed by atoms with Gasteiger partial charge in [-0.05, 0) is 42.8 Å². The fourth-order valence-electron chi connectivity index (χ4n) is 2.35. The third-order valence-corrected chi connectivity index (χ3v) is 5.62. The standard InChI is InChI=1S/C17H18FNO5S/c1-19(25(20,21)15-6-3-13(18)4-7-15)9-2-10-22-14-5-8-16-17(11-14)24-12-23-16/h3-8,11H,2,9-10,12H2,1H3. The summed E-state index contributed by atoms with van der Waals surface area (Å²) in [5, 5.41) is 0. The van der Waals surface area contributed by atoms with E-state index < -0.39 is 15.8 Å². The van der Waals surface area contributed by atoms with Gasteiger partial charge in [0.25, 0.3) is 0 Å². The number of benzene rings is 2. The van der Waals surface area contributed by atoms with Crippen molar-refractivity contribution in [2.75, 3.05) is 27.0 Å². The van der Waals surface area contributed by atoms with Crippen LogP contribution in [-0.4, -0.2) is 39.7 Å². The van der Waals surface area contributed by atoms with E-state index in [0.717, 1.165) is 12.1 Å². The SMILES string of the molecule is CN(CCCOc1ccc2c(c1)OCO2)S(=O)(=O)c1ccc(F)cc1. The van der Waals surface area contributed by atoms with Crippen molar-refractivity contribution in [3.8, 4) is 17.2 Å². The van der Waals surface area contributed by atoms with Crippen molar-refractivity contribution in [2.45, 2.75) is 11.3 Å². The van der Waals surface area contributed by atoms with E-state index in [1.807, 2.05) is 0 Å². The predicted molar refractivity (Wildman–Crippen MR) is 88.9 cm³/mol. The molecule has 0 aromatic heterocycles. The molecule has 0 atom stereocenters. The first-order valence-electron chi connectivity index (χ1n) is 7.71. The maximum atomic E-state index is 12.9. The molecule has 1 aliphatic rings. The number of ether oxygens (including phenoxy) is 3. The maximum Gasteiger partial charge on any atom is 0.242 e. The highest BCUT2D eigenvalue weighted by Gasteiger charge is 2.20. The van der Waals surface area contributed by atoms with Crippen molar-refractivity contribution >= 4 is 10.0 Å². The second kappa shape index (κ2) is 7.28. The van der Waals surface area contributed by atoms with Crippen molar-refractivity contribution in [1.82, 2.24) is 4.31 Å². The Morgan fingerprint density at radius 3 is 2.60 bits per heavy atom. The first-order chi connectivity index (χ1) is 12.0. The Kier molecular flexibility index (Phi) is 5.10. The third kappa shape index (κ3) is 4.02. The molecule has 0 saturated carbocycles. The fraction of sp³-hybridized carbons (Fsp3) is 0.294. The van der Waals surface area contributed by atoms with E-state index in [9.17, 15) is 12.8 Å². The van der Waals surface area contributed by atoms with Crippen molar-refractivity contribution < 1.29 is 27.0 Å². The number of hydrogen-bond donors (Lipinski definition) is 0. The topological polar surface area (TPSA) is 65.1 Å². The summed E-state index contributed by atoms with van der Waals surface area (Å²) >= 11 is 0. The molecule has 0 amide bonds. The van der Waals surface area contributed by atoms with Crippen LogP contribution < -0.4 is 14.2 Å². The second-order valence-corrected chi connectivity index (χ2v) is 7.54. The summed E-state index contributed by atoms with van der Waals surface area (Å²) in [5.74, 6) is 1.47. The van der Waals surface area contributed by atoms with Gasteiger partial charge in [0.05, 0.1) is 11.5 Å². The Labute approximate surface area is 145 Å². The molecule has 134 valence electrons. The van der Waals surface area contributed by atoms with Crippen molar-refractivity contribution in [2.24, 2.45) is 0 Å². The molecule has 0 saturated heterocycles. The number of fused-ring (bicyclic) bond motifs is 1. The minimum atomic E-state index is -3.63. The number of rotatable bonds is 7. The monoisotopic (exact) mass is 367 g/mol. The first-order valence-corrected chi connectivity index (χ1v) is 9.15. The summed E-state index contributed by atoms with van der Waals surface area (Å²) in [4.78, 5) is 0.0630. The van der Waals surface area contributed by atoms with E-state index in [-0.39, 0.29) is 18.2 Å². The number of nitrogens with zero attached hydrogens (tertiary/aromatic N) is 1. The summed E-state index contributed by atoms with van der Waals surface area (Å²) in [6.45, 7) is 0.831. The van der Waals surface area contributed by atoms with Crippen LogP contribution in [0.2, 0.25) is 0 Å². The second-order valence-electron chi connectivity index (χ2n) is 5.50. The molecule has 3 rings (SSSR count). The zero-order chi connectivity index (χ0) is 17.9. The van der Waals surface area contributed by atoms with Crippen molar-refractivity contribution in [3.05, 3.63) is 48.3 Å². The molecular formula is C17H18FNO5S.